The molecular formula is C22H26. The van der Waals surface area contributed by atoms with E-state index < -0.39 is 0 Å². The van der Waals surface area contributed by atoms with Gasteiger partial charge in [0.2, 0.25) is 0 Å². The molecule has 0 spiro atoms. The van der Waals surface area contributed by atoms with E-state index in [2.05, 4.69) is 90.1 Å². The molecule has 0 saturated carbocycles. The van der Waals surface area contributed by atoms with E-state index in [-0.39, 0.29) is 0 Å². The first kappa shape index (κ1) is 16.3. The predicted octanol–water partition coefficient (Wildman–Crippen LogP) is 6.26. The second-order valence-corrected chi connectivity index (χ2v) is 6.30. The Morgan fingerprint density at radius 1 is 0.455 bits per heavy atom. The maximum atomic E-state index is 2.26. The molecule has 22 heavy (non-hydrogen) atoms. The molecule has 0 amide bonds. The second-order valence-electron chi connectivity index (χ2n) is 6.30. The van der Waals surface area contributed by atoms with Crippen molar-refractivity contribution in [1.29, 1.82) is 0 Å². The molecule has 0 aliphatic heterocycles. The summed E-state index contributed by atoms with van der Waals surface area (Å²) in [5.74, 6) is 0. The van der Waals surface area contributed by atoms with Crippen molar-refractivity contribution in [2.75, 3.05) is 0 Å². The van der Waals surface area contributed by atoms with Gasteiger partial charge in [0, 0.05) is 0 Å². The van der Waals surface area contributed by atoms with Crippen LogP contribution in [0.2, 0.25) is 0 Å². The van der Waals surface area contributed by atoms with E-state index in [0.29, 0.717) is 0 Å². The topological polar surface area (TPSA) is 0 Å². The smallest absolute Gasteiger partial charge is 0.0225 e. The average Bonchev–Trinajstić information content (AvgIpc) is 2.45. The molecule has 0 unspecified atom stereocenters. The van der Waals surface area contributed by atoms with E-state index in [1.165, 1.54) is 44.5 Å². The highest BCUT2D eigenvalue weighted by atomic mass is 14.0. The third kappa shape index (κ3) is 3.76. The van der Waals surface area contributed by atoms with Gasteiger partial charge in [-0.05, 0) is 86.1 Å². The molecule has 0 heteroatoms. The summed E-state index contributed by atoms with van der Waals surface area (Å²) >= 11 is 0. The van der Waals surface area contributed by atoms with Gasteiger partial charge in [-0.3, -0.25) is 0 Å². The van der Waals surface area contributed by atoms with Crippen molar-refractivity contribution >= 4 is 12.2 Å². The molecule has 0 N–H and O–H groups in total. The molecule has 2 aromatic carbocycles. The second kappa shape index (κ2) is 6.79. The van der Waals surface area contributed by atoms with E-state index in [4.69, 9.17) is 0 Å². The van der Waals surface area contributed by atoms with Gasteiger partial charge in [0.1, 0.15) is 0 Å². The Bertz CT molecular complexity index is 678. The Morgan fingerprint density at radius 2 is 0.773 bits per heavy atom. The Balaban J connectivity index is 2.19. The minimum Gasteiger partial charge on any atom is -0.0616 e. The lowest BCUT2D eigenvalue weighted by Gasteiger charge is -2.06. The van der Waals surface area contributed by atoms with Crippen LogP contribution >= 0.6 is 0 Å². The summed E-state index contributed by atoms with van der Waals surface area (Å²) in [6.07, 6.45) is 8.64. The van der Waals surface area contributed by atoms with E-state index >= 15 is 0 Å². The van der Waals surface area contributed by atoms with Crippen LogP contribution in [0.15, 0.2) is 36.4 Å². The molecule has 0 nitrogen and oxygen atoms in total. The molecule has 0 atom stereocenters. The normalized spacial score (nSPS) is 11.7. The van der Waals surface area contributed by atoms with Crippen molar-refractivity contribution in [3.63, 3.8) is 0 Å². The molecule has 0 heterocycles. The van der Waals surface area contributed by atoms with Gasteiger partial charge in [-0.2, -0.15) is 0 Å². The van der Waals surface area contributed by atoms with E-state index in [1.54, 1.807) is 0 Å². The summed E-state index contributed by atoms with van der Waals surface area (Å²) in [7, 11) is 0. The van der Waals surface area contributed by atoms with Crippen LogP contribution in [0, 0.1) is 41.5 Å². The van der Waals surface area contributed by atoms with Crippen LogP contribution < -0.4 is 0 Å². The SMILES string of the molecule is Cc1cc(C)c(C=C/C=C/c2cc(C)c(C)cc2C)cc1C. The summed E-state index contributed by atoms with van der Waals surface area (Å²) in [5.41, 5.74) is 10.7. The predicted molar refractivity (Wildman–Crippen MR) is 99.4 cm³/mol. The summed E-state index contributed by atoms with van der Waals surface area (Å²) in [5, 5.41) is 0. The van der Waals surface area contributed by atoms with Gasteiger partial charge in [-0.25, -0.2) is 0 Å². The molecule has 0 aliphatic carbocycles. The Labute approximate surface area is 135 Å². The van der Waals surface area contributed by atoms with Crippen molar-refractivity contribution in [3.8, 4) is 0 Å². The zero-order valence-electron chi connectivity index (χ0n) is 14.6. The van der Waals surface area contributed by atoms with Gasteiger partial charge in [0.15, 0.2) is 0 Å². The van der Waals surface area contributed by atoms with Crippen molar-refractivity contribution in [2.24, 2.45) is 0 Å². The largest absolute Gasteiger partial charge is 0.0616 e. The van der Waals surface area contributed by atoms with Crippen molar-refractivity contribution in [3.05, 3.63) is 80.9 Å². The van der Waals surface area contributed by atoms with Crippen LogP contribution in [0.4, 0.5) is 0 Å². The number of allylic oxidation sites excluding steroid dienone is 2. The lowest BCUT2D eigenvalue weighted by Crippen LogP contribution is -1.87. The number of benzene rings is 2. The minimum absolute atomic E-state index is 1.30. The van der Waals surface area contributed by atoms with Gasteiger partial charge in [0.05, 0.1) is 0 Å². The number of rotatable bonds is 3. The van der Waals surface area contributed by atoms with Gasteiger partial charge in [0.25, 0.3) is 0 Å². The number of aryl methyl sites for hydroxylation is 6. The highest BCUT2D eigenvalue weighted by molar-refractivity contribution is 5.62. The molecule has 0 aliphatic rings. The maximum absolute atomic E-state index is 2.26. The quantitative estimate of drug-likeness (QED) is 0.585. The number of hydrogen-bond donors (Lipinski definition) is 0. The van der Waals surface area contributed by atoms with Gasteiger partial charge < -0.3 is 0 Å². The van der Waals surface area contributed by atoms with Gasteiger partial charge >= 0.3 is 0 Å². The van der Waals surface area contributed by atoms with Crippen LogP contribution in [-0.4, -0.2) is 0 Å². The van der Waals surface area contributed by atoms with Crippen LogP contribution in [-0.2, 0) is 0 Å². The third-order valence-corrected chi connectivity index (χ3v) is 4.43. The highest BCUT2D eigenvalue weighted by Gasteiger charge is 1.99. The van der Waals surface area contributed by atoms with Crippen LogP contribution in [0.1, 0.15) is 44.5 Å². The van der Waals surface area contributed by atoms with Crippen LogP contribution in [0.5, 0.6) is 0 Å². The van der Waals surface area contributed by atoms with Crippen molar-refractivity contribution in [1.82, 2.24) is 0 Å². The molecule has 0 bridgehead atoms. The molecular weight excluding hydrogens is 264 g/mol. The monoisotopic (exact) mass is 290 g/mol. The first-order chi connectivity index (χ1) is 10.4. The van der Waals surface area contributed by atoms with E-state index in [0.717, 1.165) is 0 Å². The van der Waals surface area contributed by atoms with E-state index in [9.17, 15) is 0 Å². The fraction of sp³-hybridized carbons (Fsp3) is 0.273. The zero-order valence-corrected chi connectivity index (χ0v) is 14.6. The number of hydrogen-bond acceptors (Lipinski definition) is 0. The molecule has 0 radical (unpaired) electrons. The fourth-order valence-corrected chi connectivity index (χ4v) is 2.64. The Kier molecular flexibility index (Phi) is 5.03. The molecule has 0 saturated heterocycles. The first-order valence-corrected chi connectivity index (χ1v) is 7.89. The zero-order chi connectivity index (χ0) is 16.3. The molecule has 0 aromatic heterocycles. The van der Waals surface area contributed by atoms with Gasteiger partial charge in [-0.1, -0.05) is 48.6 Å². The fourth-order valence-electron chi connectivity index (χ4n) is 2.64. The molecule has 0 fully saturated rings. The average molecular weight is 290 g/mol. The highest BCUT2D eigenvalue weighted by Crippen LogP contribution is 2.18. The van der Waals surface area contributed by atoms with Gasteiger partial charge in [-0.15, -0.1) is 0 Å². The maximum Gasteiger partial charge on any atom is -0.0225 e. The summed E-state index contributed by atoms with van der Waals surface area (Å²) in [6.45, 7) is 13.0. The Morgan fingerprint density at radius 3 is 1.14 bits per heavy atom. The van der Waals surface area contributed by atoms with Crippen LogP contribution in [0.3, 0.4) is 0 Å². The lowest BCUT2D eigenvalue weighted by atomic mass is 9.99. The lowest BCUT2D eigenvalue weighted by molar-refractivity contribution is 1.29. The standard InChI is InChI=1S/C22H26/c1-15-11-19(5)21(13-17(15)3)9-7-8-10-22-14-18(4)16(2)12-20(22)6/h7-14H,1-6H3/b9-7+,10-8?. The molecule has 114 valence electrons. The minimum atomic E-state index is 1.30. The van der Waals surface area contributed by atoms with Crippen molar-refractivity contribution in [2.45, 2.75) is 41.5 Å². The summed E-state index contributed by atoms with van der Waals surface area (Å²) in [4.78, 5) is 0. The summed E-state index contributed by atoms with van der Waals surface area (Å²) < 4.78 is 0. The summed E-state index contributed by atoms with van der Waals surface area (Å²) in [6, 6.07) is 9.03. The molecule has 2 aromatic rings. The van der Waals surface area contributed by atoms with Crippen LogP contribution in [0.25, 0.3) is 12.2 Å². The van der Waals surface area contributed by atoms with E-state index in [1.807, 2.05) is 0 Å². The third-order valence-electron chi connectivity index (χ3n) is 4.43. The van der Waals surface area contributed by atoms with Crippen molar-refractivity contribution < 1.29 is 0 Å². The first-order valence-electron chi connectivity index (χ1n) is 7.89. The molecule has 2 rings (SSSR count). The Hall–Kier alpha value is -2.08.